The van der Waals surface area contributed by atoms with E-state index in [-0.39, 0.29) is 5.23 Å². The number of anilines is 1. The highest BCUT2D eigenvalue weighted by atomic mass is 19.4. The topological polar surface area (TPSA) is 110 Å². The van der Waals surface area contributed by atoms with Crippen molar-refractivity contribution in [3.05, 3.63) is 36.7 Å². The Morgan fingerprint density at radius 2 is 1.78 bits per heavy atom. The van der Waals surface area contributed by atoms with Crippen LogP contribution in [0.4, 0.5) is 18.9 Å². The minimum atomic E-state index is -5.08. The Balaban J connectivity index is 0.000000236. The number of halogens is 3. The number of aromatic nitrogens is 2. The van der Waals surface area contributed by atoms with Gasteiger partial charge in [0.25, 0.3) is 0 Å². The van der Waals surface area contributed by atoms with E-state index in [1.165, 1.54) is 0 Å². The maximum absolute atomic E-state index is 10.6. The molecular formula is C13H10F3N3O4. The molecule has 4 N–H and O–H groups in total. The van der Waals surface area contributed by atoms with E-state index in [1.807, 2.05) is 6.07 Å². The van der Waals surface area contributed by atoms with Crippen LogP contribution in [-0.4, -0.2) is 37.6 Å². The van der Waals surface area contributed by atoms with Gasteiger partial charge < -0.3 is 10.1 Å². The Morgan fingerprint density at radius 1 is 1.13 bits per heavy atom. The summed E-state index contributed by atoms with van der Waals surface area (Å²) in [7, 11) is 0. The first kappa shape index (κ1) is 16.5. The molecule has 0 unspecified atom stereocenters. The zero-order valence-corrected chi connectivity index (χ0v) is 11.2. The van der Waals surface area contributed by atoms with Gasteiger partial charge in [-0.05, 0) is 24.3 Å². The number of nitrogens with zero attached hydrogens (tertiary/aromatic N) is 2. The molecule has 1 aromatic carbocycles. The SMILES string of the molecule is O=C(O)C(F)(F)F.ON(O)c1ccc2[nH]c3cnccc3c2c1. The van der Waals surface area contributed by atoms with Gasteiger partial charge >= 0.3 is 12.1 Å². The second kappa shape index (κ2) is 6.10. The molecule has 0 aliphatic heterocycles. The molecule has 0 bridgehead atoms. The van der Waals surface area contributed by atoms with Crippen molar-refractivity contribution in [2.24, 2.45) is 0 Å². The fourth-order valence-electron chi connectivity index (χ4n) is 1.86. The summed E-state index contributed by atoms with van der Waals surface area (Å²) in [5.41, 5.74) is 2.19. The fourth-order valence-corrected chi connectivity index (χ4v) is 1.86. The van der Waals surface area contributed by atoms with Gasteiger partial charge in [-0.15, -0.1) is 5.23 Å². The van der Waals surface area contributed by atoms with Crippen LogP contribution in [0.2, 0.25) is 0 Å². The summed E-state index contributed by atoms with van der Waals surface area (Å²) in [5, 5.41) is 27.1. The van der Waals surface area contributed by atoms with Crippen molar-refractivity contribution in [3.63, 3.8) is 0 Å². The lowest BCUT2D eigenvalue weighted by Crippen LogP contribution is -2.21. The van der Waals surface area contributed by atoms with Crippen molar-refractivity contribution in [1.82, 2.24) is 9.97 Å². The highest BCUT2D eigenvalue weighted by Gasteiger charge is 2.38. The standard InChI is InChI=1S/C11H9N3O2.C2HF3O2/c15-14(16)7-1-2-10-9(5-7)8-3-4-12-6-11(8)13-10;3-2(4,5)1(6)7/h1-6,13,15-16H;(H,6,7). The zero-order chi connectivity index (χ0) is 17.2. The molecule has 0 radical (unpaired) electrons. The third kappa shape index (κ3) is 3.67. The average molecular weight is 329 g/mol. The third-order valence-corrected chi connectivity index (χ3v) is 2.86. The minimum Gasteiger partial charge on any atom is -0.475 e. The molecule has 0 spiro atoms. The molecule has 2 aromatic heterocycles. The van der Waals surface area contributed by atoms with Crippen LogP contribution in [0.15, 0.2) is 36.7 Å². The normalized spacial score (nSPS) is 11.2. The van der Waals surface area contributed by atoms with Gasteiger partial charge in [0, 0.05) is 22.5 Å². The van der Waals surface area contributed by atoms with Crippen molar-refractivity contribution in [2.75, 3.05) is 5.23 Å². The lowest BCUT2D eigenvalue weighted by Gasteiger charge is -2.06. The summed E-state index contributed by atoms with van der Waals surface area (Å²) in [6, 6.07) is 7.00. The number of nitrogens with one attached hydrogen (secondary N) is 1. The number of carboxylic acid groups (broad SMARTS) is 1. The monoisotopic (exact) mass is 329 g/mol. The van der Waals surface area contributed by atoms with Gasteiger partial charge in [0.1, 0.15) is 0 Å². The first-order valence-electron chi connectivity index (χ1n) is 6.03. The Morgan fingerprint density at radius 3 is 2.35 bits per heavy atom. The van der Waals surface area contributed by atoms with Gasteiger partial charge in [-0.1, -0.05) is 0 Å². The third-order valence-electron chi connectivity index (χ3n) is 2.86. The maximum Gasteiger partial charge on any atom is 0.490 e. The highest BCUT2D eigenvalue weighted by molar-refractivity contribution is 6.07. The van der Waals surface area contributed by atoms with Crippen molar-refractivity contribution >= 4 is 33.5 Å². The van der Waals surface area contributed by atoms with E-state index < -0.39 is 12.1 Å². The number of carbonyl (C=O) groups is 1. The number of rotatable bonds is 1. The van der Waals surface area contributed by atoms with Crippen LogP contribution >= 0.6 is 0 Å². The van der Waals surface area contributed by atoms with Gasteiger partial charge in [-0.25, -0.2) is 4.79 Å². The minimum absolute atomic E-state index is 0.111. The number of alkyl halides is 3. The Kier molecular flexibility index (Phi) is 4.38. The van der Waals surface area contributed by atoms with Gasteiger partial charge in [0.15, 0.2) is 0 Å². The molecular weight excluding hydrogens is 319 g/mol. The quantitative estimate of drug-likeness (QED) is 0.511. The molecule has 10 heteroatoms. The van der Waals surface area contributed by atoms with E-state index >= 15 is 0 Å². The summed E-state index contributed by atoms with van der Waals surface area (Å²) in [6.07, 6.45) is -1.64. The largest absolute Gasteiger partial charge is 0.490 e. The molecule has 3 aromatic rings. The van der Waals surface area contributed by atoms with Crippen LogP contribution in [0.5, 0.6) is 0 Å². The number of fused-ring (bicyclic) bond motifs is 3. The van der Waals surface area contributed by atoms with E-state index in [4.69, 9.17) is 20.3 Å². The number of H-pyrrole nitrogens is 1. The van der Waals surface area contributed by atoms with Gasteiger partial charge in [-0.3, -0.25) is 15.4 Å². The van der Waals surface area contributed by atoms with E-state index in [1.54, 1.807) is 30.6 Å². The Labute approximate surface area is 126 Å². The second-order valence-corrected chi connectivity index (χ2v) is 4.37. The van der Waals surface area contributed by atoms with Crippen LogP contribution in [0.1, 0.15) is 0 Å². The molecule has 0 aliphatic carbocycles. The summed E-state index contributed by atoms with van der Waals surface area (Å²) in [6.45, 7) is 0. The lowest BCUT2D eigenvalue weighted by atomic mass is 10.2. The summed E-state index contributed by atoms with van der Waals surface area (Å²) in [5.74, 6) is -2.76. The number of carboxylic acids is 1. The fraction of sp³-hybridized carbons (Fsp3) is 0.0769. The maximum atomic E-state index is 10.6. The van der Waals surface area contributed by atoms with Gasteiger partial charge in [0.2, 0.25) is 0 Å². The van der Waals surface area contributed by atoms with Gasteiger partial charge in [0.05, 0.1) is 17.4 Å². The van der Waals surface area contributed by atoms with Crippen LogP contribution in [0.25, 0.3) is 21.8 Å². The van der Waals surface area contributed by atoms with Crippen LogP contribution in [-0.2, 0) is 4.79 Å². The van der Waals surface area contributed by atoms with Gasteiger partial charge in [-0.2, -0.15) is 13.2 Å². The van der Waals surface area contributed by atoms with Crippen LogP contribution < -0.4 is 5.23 Å². The predicted molar refractivity (Wildman–Crippen MR) is 73.3 cm³/mol. The number of aliphatic carboxylic acids is 1. The molecule has 0 aliphatic rings. The molecule has 0 saturated carbocycles. The molecule has 122 valence electrons. The zero-order valence-electron chi connectivity index (χ0n) is 11.2. The summed E-state index contributed by atoms with van der Waals surface area (Å²) >= 11 is 0. The Hall–Kier alpha value is -2.85. The molecule has 0 amide bonds. The number of hydrogen-bond donors (Lipinski definition) is 4. The number of pyridine rings is 1. The van der Waals surface area contributed by atoms with Crippen LogP contribution in [0.3, 0.4) is 0 Å². The number of aromatic amines is 1. The molecule has 3 rings (SSSR count). The van der Waals surface area contributed by atoms with Crippen molar-refractivity contribution in [1.29, 1.82) is 0 Å². The van der Waals surface area contributed by atoms with E-state index in [9.17, 15) is 13.2 Å². The van der Waals surface area contributed by atoms with Crippen molar-refractivity contribution < 1.29 is 33.5 Å². The summed E-state index contributed by atoms with van der Waals surface area (Å²) < 4.78 is 31.7. The van der Waals surface area contributed by atoms with E-state index in [0.29, 0.717) is 5.69 Å². The molecule has 0 atom stereocenters. The number of benzene rings is 1. The van der Waals surface area contributed by atoms with E-state index in [0.717, 1.165) is 21.8 Å². The average Bonchev–Trinajstić information content (AvgIpc) is 2.84. The lowest BCUT2D eigenvalue weighted by molar-refractivity contribution is -0.192. The first-order chi connectivity index (χ1) is 10.7. The molecule has 7 nitrogen and oxygen atoms in total. The Bertz CT molecular complexity index is 845. The molecule has 0 saturated heterocycles. The first-order valence-corrected chi connectivity index (χ1v) is 6.03. The van der Waals surface area contributed by atoms with Crippen molar-refractivity contribution in [3.8, 4) is 0 Å². The number of hydrogen-bond acceptors (Lipinski definition) is 5. The molecule has 2 heterocycles. The highest BCUT2D eigenvalue weighted by Crippen LogP contribution is 2.27. The molecule has 23 heavy (non-hydrogen) atoms. The van der Waals surface area contributed by atoms with Crippen LogP contribution in [0, 0.1) is 0 Å². The second-order valence-electron chi connectivity index (χ2n) is 4.37. The van der Waals surface area contributed by atoms with E-state index in [2.05, 4.69) is 9.97 Å². The van der Waals surface area contributed by atoms with Crippen molar-refractivity contribution in [2.45, 2.75) is 6.18 Å². The molecule has 0 fully saturated rings. The summed E-state index contributed by atoms with van der Waals surface area (Å²) in [4.78, 5) is 16.1. The predicted octanol–water partition coefficient (Wildman–Crippen LogP) is 2.93. The smallest absolute Gasteiger partial charge is 0.475 e.